The van der Waals surface area contributed by atoms with Gasteiger partial charge in [0.25, 0.3) is 10.8 Å². The first-order valence-electron chi connectivity index (χ1n) is 8.70. The van der Waals surface area contributed by atoms with Crippen LogP contribution < -0.4 is 15.6 Å². The smallest absolute Gasteiger partial charge is 0.286 e. The van der Waals surface area contributed by atoms with Crippen LogP contribution in [0.5, 0.6) is 5.75 Å². The number of para-hydroxylation sites is 2. The first kappa shape index (κ1) is 18.2. The van der Waals surface area contributed by atoms with Crippen molar-refractivity contribution in [1.82, 2.24) is 14.9 Å². The lowest BCUT2D eigenvalue weighted by atomic mass is 10.1. The van der Waals surface area contributed by atoms with Crippen molar-refractivity contribution in [2.75, 3.05) is 0 Å². The van der Waals surface area contributed by atoms with Crippen LogP contribution >= 0.6 is 11.8 Å². The third kappa shape index (κ3) is 3.50. The van der Waals surface area contributed by atoms with Crippen LogP contribution in [0, 0.1) is 0 Å². The summed E-state index contributed by atoms with van der Waals surface area (Å²) in [6.07, 6.45) is 0.377. The van der Waals surface area contributed by atoms with E-state index in [1.807, 2.05) is 24.3 Å². The number of nitrogens with zero attached hydrogens (tertiary/aromatic N) is 2. The zero-order valence-corrected chi connectivity index (χ0v) is 15.9. The molecule has 142 valence electrons. The second-order valence-corrected chi connectivity index (χ2v) is 7.57. The molecule has 0 aliphatic carbocycles. The Morgan fingerprint density at radius 1 is 1.11 bits per heavy atom. The molecular formula is C20H17N3O4S. The normalized spacial score (nSPS) is 16.4. The molecule has 1 N–H and O–H groups in total. The molecule has 0 radical (unpaired) electrons. The Labute approximate surface area is 164 Å². The summed E-state index contributed by atoms with van der Waals surface area (Å²) in [5.41, 5.74) is 1.31. The highest BCUT2D eigenvalue weighted by atomic mass is 32.2. The lowest BCUT2D eigenvalue weighted by Gasteiger charge is -2.14. The Morgan fingerprint density at radius 2 is 1.86 bits per heavy atom. The largest absolute Gasteiger partial charge is 0.485 e. The lowest BCUT2D eigenvalue weighted by Crippen LogP contribution is -2.25. The Kier molecular flexibility index (Phi) is 4.87. The van der Waals surface area contributed by atoms with Crippen molar-refractivity contribution in [2.45, 2.75) is 18.3 Å². The van der Waals surface area contributed by atoms with E-state index in [1.165, 1.54) is 4.57 Å². The number of thioether (sulfide) groups is 1. The third-order valence-corrected chi connectivity index (χ3v) is 5.56. The van der Waals surface area contributed by atoms with Crippen LogP contribution in [0.1, 0.15) is 11.4 Å². The van der Waals surface area contributed by atoms with E-state index >= 15 is 0 Å². The molecule has 0 spiro atoms. The van der Waals surface area contributed by atoms with Gasteiger partial charge in [0.05, 0.1) is 16.2 Å². The number of rotatable bonds is 5. The zero-order chi connectivity index (χ0) is 19.7. The van der Waals surface area contributed by atoms with Gasteiger partial charge < -0.3 is 4.74 Å². The van der Waals surface area contributed by atoms with Crippen LogP contribution in [0.2, 0.25) is 0 Å². The number of hydrogen-bond donors (Lipinski definition) is 1. The summed E-state index contributed by atoms with van der Waals surface area (Å²) in [6.45, 7) is 0.108. The molecule has 7 nitrogen and oxygen atoms in total. The van der Waals surface area contributed by atoms with Crippen molar-refractivity contribution in [3.05, 3.63) is 70.3 Å². The van der Waals surface area contributed by atoms with E-state index in [0.29, 0.717) is 28.9 Å². The summed E-state index contributed by atoms with van der Waals surface area (Å²) in [6, 6.07) is 14.5. The molecule has 8 heteroatoms. The van der Waals surface area contributed by atoms with Crippen LogP contribution in [0.25, 0.3) is 10.9 Å². The molecule has 1 aliphatic heterocycles. The topological polar surface area (TPSA) is 90.3 Å². The molecule has 2 amide bonds. The van der Waals surface area contributed by atoms with Crippen molar-refractivity contribution < 1.29 is 14.3 Å². The summed E-state index contributed by atoms with van der Waals surface area (Å²) >= 11 is 0.985. The molecule has 1 fully saturated rings. The maximum atomic E-state index is 12.5. The Hall–Kier alpha value is -3.13. The number of imide groups is 1. The van der Waals surface area contributed by atoms with Crippen molar-refractivity contribution in [3.63, 3.8) is 0 Å². The molecule has 1 unspecified atom stereocenters. The van der Waals surface area contributed by atoms with Crippen molar-refractivity contribution >= 4 is 33.8 Å². The van der Waals surface area contributed by atoms with Crippen LogP contribution in [0.15, 0.2) is 53.3 Å². The molecule has 0 saturated carbocycles. The third-order valence-electron chi connectivity index (χ3n) is 4.58. The summed E-state index contributed by atoms with van der Waals surface area (Å²) in [5, 5.41) is 2.05. The molecule has 1 atom stereocenters. The van der Waals surface area contributed by atoms with Gasteiger partial charge in [0.2, 0.25) is 5.91 Å². The van der Waals surface area contributed by atoms with E-state index in [0.717, 1.165) is 17.3 Å². The summed E-state index contributed by atoms with van der Waals surface area (Å²) in [4.78, 5) is 40.3. The van der Waals surface area contributed by atoms with E-state index in [2.05, 4.69) is 10.3 Å². The van der Waals surface area contributed by atoms with Crippen LogP contribution in [-0.4, -0.2) is 25.9 Å². The van der Waals surface area contributed by atoms with Gasteiger partial charge in [0.1, 0.15) is 18.2 Å². The molecule has 1 aliphatic rings. The molecule has 1 aromatic heterocycles. The average Bonchev–Trinajstić information content (AvgIpc) is 3.01. The van der Waals surface area contributed by atoms with Gasteiger partial charge in [-0.05, 0) is 30.2 Å². The monoisotopic (exact) mass is 395 g/mol. The minimum Gasteiger partial charge on any atom is -0.485 e. The number of carbonyl (C=O) groups is 2. The number of carbonyl (C=O) groups excluding carboxylic acids is 2. The number of nitrogens with one attached hydrogen (secondary N) is 1. The molecule has 2 aromatic carbocycles. The first-order valence-corrected chi connectivity index (χ1v) is 9.58. The Morgan fingerprint density at radius 3 is 2.64 bits per heavy atom. The molecule has 4 rings (SSSR count). The summed E-state index contributed by atoms with van der Waals surface area (Å²) < 4.78 is 7.41. The van der Waals surface area contributed by atoms with Crippen molar-refractivity contribution in [2.24, 2.45) is 7.05 Å². The Bertz CT molecular complexity index is 1140. The van der Waals surface area contributed by atoms with E-state index in [-0.39, 0.29) is 23.3 Å². The molecular weight excluding hydrogens is 378 g/mol. The van der Waals surface area contributed by atoms with E-state index in [1.54, 1.807) is 31.3 Å². The van der Waals surface area contributed by atoms with E-state index < -0.39 is 5.25 Å². The highest BCUT2D eigenvalue weighted by Crippen LogP contribution is 2.27. The maximum Gasteiger partial charge on any atom is 0.286 e. The standard InChI is InChI=1S/C20H17N3O4S/c1-23-17(21-14-8-4-3-7-13(14)19(23)25)11-27-15-9-5-2-6-12(15)10-16-18(24)22-20(26)28-16/h2-9,16H,10-11H2,1H3,(H,22,24,26). The second-order valence-electron chi connectivity index (χ2n) is 6.39. The highest BCUT2D eigenvalue weighted by Gasteiger charge is 2.32. The van der Waals surface area contributed by atoms with Crippen LogP contribution in [-0.2, 0) is 24.9 Å². The van der Waals surface area contributed by atoms with Crippen molar-refractivity contribution in [1.29, 1.82) is 0 Å². The number of ether oxygens (including phenoxy) is 1. The quantitative estimate of drug-likeness (QED) is 0.714. The molecule has 0 bridgehead atoms. The minimum absolute atomic E-state index is 0.108. The number of aromatic nitrogens is 2. The predicted molar refractivity (Wildman–Crippen MR) is 106 cm³/mol. The van der Waals surface area contributed by atoms with Gasteiger partial charge in [-0.2, -0.15) is 0 Å². The number of fused-ring (bicyclic) bond motifs is 1. The van der Waals surface area contributed by atoms with Gasteiger partial charge >= 0.3 is 0 Å². The maximum absolute atomic E-state index is 12.5. The predicted octanol–water partition coefficient (Wildman–Crippen LogP) is 2.41. The van der Waals surface area contributed by atoms with Gasteiger partial charge in [0, 0.05) is 7.05 Å². The van der Waals surface area contributed by atoms with Crippen LogP contribution in [0.4, 0.5) is 4.79 Å². The molecule has 2 heterocycles. The number of benzene rings is 2. The SMILES string of the molecule is Cn1c(COc2ccccc2CC2SC(=O)NC2=O)nc2ccccc2c1=O. The van der Waals surface area contributed by atoms with Crippen molar-refractivity contribution in [3.8, 4) is 5.75 Å². The van der Waals surface area contributed by atoms with Gasteiger partial charge in [0.15, 0.2) is 0 Å². The second kappa shape index (κ2) is 7.47. The van der Waals surface area contributed by atoms with Gasteiger partial charge in [-0.3, -0.25) is 24.3 Å². The fourth-order valence-corrected chi connectivity index (χ4v) is 3.92. The van der Waals surface area contributed by atoms with Crippen LogP contribution in [0.3, 0.4) is 0 Å². The average molecular weight is 395 g/mol. The van der Waals surface area contributed by atoms with E-state index in [4.69, 9.17) is 4.74 Å². The minimum atomic E-state index is -0.472. The molecule has 1 saturated heterocycles. The first-order chi connectivity index (χ1) is 13.5. The van der Waals surface area contributed by atoms with Gasteiger partial charge in [-0.25, -0.2) is 4.98 Å². The lowest BCUT2D eigenvalue weighted by molar-refractivity contribution is -0.118. The zero-order valence-electron chi connectivity index (χ0n) is 15.0. The van der Waals surface area contributed by atoms with Gasteiger partial charge in [-0.1, -0.05) is 42.1 Å². The summed E-state index contributed by atoms with van der Waals surface area (Å²) in [5.74, 6) is 0.808. The molecule has 28 heavy (non-hydrogen) atoms. The number of hydrogen-bond acceptors (Lipinski definition) is 6. The highest BCUT2D eigenvalue weighted by molar-refractivity contribution is 8.15. The number of amides is 2. The summed E-state index contributed by atoms with van der Waals surface area (Å²) in [7, 11) is 1.66. The molecule has 3 aromatic rings. The van der Waals surface area contributed by atoms with E-state index in [9.17, 15) is 14.4 Å². The fraction of sp³-hybridized carbons (Fsp3) is 0.200. The fourth-order valence-electron chi connectivity index (χ4n) is 3.08. The Balaban J connectivity index is 1.57. The van der Waals surface area contributed by atoms with Gasteiger partial charge in [-0.15, -0.1) is 0 Å².